The van der Waals surface area contributed by atoms with Crippen molar-refractivity contribution < 1.29 is 4.79 Å². The van der Waals surface area contributed by atoms with Crippen LogP contribution in [0.2, 0.25) is 15.1 Å². The smallest absolute Gasteiger partial charge is 0.306 e. The van der Waals surface area contributed by atoms with Crippen LogP contribution in [0.5, 0.6) is 0 Å². The molecule has 1 aliphatic heterocycles. The first-order valence-electron chi connectivity index (χ1n) is 9.99. The van der Waals surface area contributed by atoms with Gasteiger partial charge in [-0.25, -0.2) is 9.80 Å². The van der Waals surface area contributed by atoms with Gasteiger partial charge in [-0.1, -0.05) is 71.2 Å². The summed E-state index contributed by atoms with van der Waals surface area (Å²) in [7, 11) is 0. The van der Waals surface area contributed by atoms with Crippen LogP contribution in [0.4, 0.5) is 10.5 Å². The topological polar surface area (TPSA) is 44.7 Å². The van der Waals surface area contributed by atoms with Crippen LogP contribution in [0.25, 0.3) is 0 Å². The second kappa shape index (κ2) is 8.19. The highest BCUT2D eigenvalue weighted by Gasteiger charge is 2.43. The SMILES string of the molecule is O=C(Nc1ccc(Cl)c(Cl)c1)N1N=C2c3ccccc3CCC2C1c1ccc(Cl)cc1. The largest absolute Gasteiger partial charge is 0.342 e. The number of carbonyl (C=O) groups excluding carboxylic acids is 1. The minimum absolute atomic E-state index is 0.107. The summed E-state index contributed by atoms with van der Waals surface area (Å²) in [6.45, 7) is 0. The maximum atomic E-state index is 13.3. The predicted molar refractivity (Wildman–Crippen MR) is 126 cm³/mol. The first-order valence-corrected chi connectivity index (χ1v) is 11.1. The molecular formula is C24H18Cl3N3O. The van der Waals surface area contributed by atoms with Gasteiger partial charge < -0.3 is 5.32 Å². The number of urea groups is 1. The molecule has 0 fully saturated rings. The Kier molecular flexibility index (Phi) is 5.39. The molecule has 1 heterocycles. The third kappa shape index (κ3) is 3.80. The maximum absolute atomic E-state index is 13.3. The number of hydrogen-bond acceptors (Lipinski definition) is 2. The van der Waals surface area contributed by atoms with E-state index in [4.69, 9.17) is 39.9 Å². The van der Waals surface area contributed by atoms with Crippen LogP contribution in [0.15, 0.2) is 71.8 Å². The van der Waals surface area contributed by atoms with Gasteiger partial charge in [0.15, 0.2) is 0 Å². The molecule has 1 aliphatic carbocycles. The summed E-state index contributed by atoms with van der Waals surface area (Å²) < 4.78 is 0. The van der Waals surface area contributed by atoms with Crippen LogP contribution >= 0.6 is 34.8 Å². The second-order valence-corrected chi connectivity index (χ2v) is 8.94. The lowest BCUT2D eigenvalue weighted by Gasteiger charge is -2.29. The zero-order valence-corrected chi connectivity index (χ0v) is 18.6. The van der Waals surface area contributed by atoms with E-state index >= 15 is 0 Å². The number of hydrazone groups is 1. The molecule has 0 saturated carbocycles. The van der Waals surface area contributed by atoms with Crippen LogP contribution in [-0.4, -0.2) is 16.8 Å². The first kappa shape index (κ1) is 20.4. The molecule has 2 atom stereocenters. The maximum Gasteiger partial charge on any atom is 0.342 e. The first-order chi connectivity index (χ1) is 15.0. The molecule has 31 heavy (non-hydrogen) atoms. The molecule has 4 nitrogen and oxygen atoms in total. The highest BCUT2D eigenvalue weighted by molar-refractivity contribution is 6.42. The monoisotopic (exact) mass is 469 g/mol. The molecule has 2 unspecified atom stereocenters. The Morgan fingerprint density at radius 1 is 0.968 bits per heavy atom. The van der Waals surface area contributed by atoms with Crippen molar-refractivity contribution in [1.82, 2.24) is 5.01 Å². The Hall–Kier alpha value is -2.53. The zero-order chi connectivity index (χ0) is 21.5. The second-order valence-electron chi connectivity index (χ2n) is 7.69. The molecule has 3 aromatic rings. The summed E-state index contributed by atoms with van der Waals surface area (Å²) in [6.07, 6.45) is 1.87. The van der Waals surface area contributed by atoms with E-state index in [1.165, 1.54) is 5.56 Å². The van der Waals surface area contributed by atoms with E-state index in [1.807, 2.05) is 36.4 Å². The van der Waals surface area contributed by atoms with Crippen molar-refractivity contribution in [3.63, 3.8) is 0 Å². The number of rotatable bonds is 2. The molecule has 1 N–H and O–H groups in total. The molecule has 2 amide bonds. The number of nitrogens with one attached hydrogen (secondary N) is 1. The summed E-state index contributed by atoms with van der Waals surface area (Å²) >= 11 is 18.2. The number of benzene rings is 3. The molecule has 0 aromatic heterocycles. The standard InChI is InChI=1S/C24H18Cl3N3O/c25-16-8-5-15(6-9-16)23-19-11-7-14-3-1-2-4-18(14)22(19)29-30(23)24(31)28-17-10-12-20(26)21(27)13-17/h1-6,8-10,12-13,19,23H,7,11H2,(H,28,31). The molecular weight excluding hydrogens is 453 g/mol. The quantitative estimate of drug-likeness (QED) is 0.423. The van der Waals surface area contributed by atoms with Crippen molar-refractivity contribution in [2.75, 3.05) is 5.32 Å². The normalized spacial score (nSPS) is 19.5. The number of fused-ring (bicyclic) bond motifs is 3. The molecule has 0 bridgehead atoms. The fourth-order valence-electron chi connectivity index (χ4n) is 4.38. The number of amides is 2. The number of nitrogens with zero attached hydrogens (tertiary/aromatic N) is 2. The molecule has 2 aliphatic rings. The molecule has 3 aromatic carbocycles. The minimum Gasteiger partial charge on any atom is -0.306 e. The van der Waals surface area contributed by atoms with Gasteiger partial charge in [0.2, 0.25) is 0 Å². The fraction of sp³-hybridized carbons (Fsp3) is 0.167. The number of anilines is 1. The van der Waals surface area contributed by atoms with Crippen molar-refractivity contribution in [3.05, 3.63) is 98.5 Å². The number of hydrogen-bond donors (Lipinski definition) is 1. The van der Waals surface area contributed by atoms with Crippen LogP contribution in [0.3, 0.4) is 0 Å². The third-order valence-electron chi connectivity index (χ3n) is 5.82. The summed E-state index contributed by atoms with van der Waals surface area (Å²) in [4.78, 5) is 13.3. The summed E-state index contributed by atoms with van der Waals surface area (Å²) in [5.41, 5.74) is 4.88. The van der Waals surface area contributed by atoms with E-state index in [1.54, 1.807) is 23.2 Å². The van der Waals surface area contributed by atoms with Gasteiger partial charge in [-0.3, -0.25) is 0 Å². The Bertz CT molecular complexity index is 1190. The lowest BCUT2D eigenvalue weighted by Crippen LogP contribution is -2.34. The van der Waals surface area contributed by atoms with Gasteiger partial charge in [0, 0.05) is 22.2 Å². The molecule has 7 heteroatoms. The van der Waals surface area contributed by atoms with Gasteiger partial charge in [0.05, 0.1) is 21.8 Å². The van der Waals surface area contributed by atoms with Gasteiger partial charge >= 0.3 is 6.03 Å². The summed E-state index contributed by atoms with van der Waals surface area (Å²) in [6, 6.07) is 20.4. The van der Waals surface area contributed by atoms with Gasteiger partial charge in [-0.05, 0) is 54.3 Å². The van der Waals surface area contributed by atoms with Crippen molar-refractivity contribution in [2.24, 2.45) is 11.0 Å². The van der Waals surface area contributed by atoms with E-state index in [0.717, 1.165) is 29.7 Å². The van der Waals surface area contributed by atoms with Crippen molar-refractivity contribution in [3.8, 4) is 0 Å². The van der Waals surface area contributed by atoms with Crippen LogP contribution in [0.1, 0.15) is 29.2 Å². The van der Waals surface area contributed by atoms with Crippen molar-refractivity contribution in [1.29, 1.82) is 0 Å². The number of aryl methyl sites for hydroxylation is 1. The van der Waals surface area contributed by atoms with Gasteiger partial charge in [-0.15, -0.1) is 0 Å². The Morgan fingerprint density at radius 3 is 2.52 bits per heavy atom. The molecule has 0 saturated heterocycles. The number of halogens is 3. The van der Waals surface area contributed by atoms with E-state index in [9.17, 15) is 4.79 Å². The zero-order valence-electron chi connectivity index (χ0n) is 16.4. The average Bonchev–Trinajstić information content (AvgIpc) is 3.17. The predicted octanol–water partition coefficient (Wildman–Crippen LogP) is 7.20. The molecule has 156 valence electrons. The molecule has 5 rings (SSSR count). The van der Waals surface area contributed by atoms with Crippen LogP contribution < -0.4 is 5.32 Å². The van der Waals surface area contributed by atoms with Gasteiger partial charge in [0.1, 0.15) is 0 Å². The summed E-state index contributed by atoms with van der Waals surface area (Å²) in [5, 5.41) is 10.7. The van der Waals surface area contributed by atoms with E-state index in [2.05, 4.69) is 17.4 Å². The molecule has 0 radical (unpaired) electrons. The van der Waals surface area contributed by atoms with Crippen LogP contribution in [-0.2, 0) is 6.42 Å². The fourth-order valence-corrected chi connectivity index (χ4v) is 4.80. The molecule has 0 spiro atoms. The van der Waals surface area contributed by atoms with Gasteiger partial charge in [-0.2, -0.15) is 5.10 Å². The van der Waals surface area contributed by atoms with Crippen molar-refractivity contribution in [2.45, 2.75) is 18.9 Å². The van der Waals surface area contributed by atoms with E-state index < -0.39 is 0 Å². The lowest BCUT2D eigenvalue weighted by atomic mass is 9.77. The minimum atomic E-state index is -0.322. The Labute approximate surface area is 195 Å². The highest BCUT2D eigenvalue weighted by atomic mass is 35.5. The average molecular weight is 471 g/mol. The third-order valence-corrected chi connectivity index (χ3v) is 6.81. The number of carbonyl (C=O) groups is 1. The van der Waals surface area contributed by atoms with Crippen LogP contribution in [0, 0.1) is 5.92 Å². The Morgan fingerprint density at radius 2 is 1.74 bits per heavy atom. The van der Waals surface area contributed by atoms with E-state index in [0.29, 0.717) is 20.8 Å². The van der Waals surface area contributed by atoms with Crippen molar-refractivity contribution >= 4 is 52.2 Å². The van der Waals surface area contributed by atoms with E-state index in [-0.39, 0.29) is 18.0 Å². The summed E-state index contributed by atoms with van der Waals surface area (Å²) in [5.74, 6) is 0.107. The lowest BCUT2D eigenvalue weighted by molar-refractivity contribution is 0.188. The highest BCUT2D eigenvalue weighted by Crippen LogP contribution is 2.43. The van der Waals surface area contributed by atoms with Gasteiger partial charge in [0.25, 0.3) is 0 Å². The Balaban J connectivity index is 1.53.